The molecule has 0 heterocycles. The Morgan fingerprint density at radius 3 is 2.20 bits per heavy atom. The second-order valence-electron chi connectivity index (χ2n) is 4.08. The Labute approximate surface area is 88.5 Å². The molecule has 5 N–H and O–H groups in total. The monoisotopic (exact) mass is 218 g/mol. The molecule has 0 spiro atoms. The van der Waals surface area contributed by atoms with Gasteiger partial charge in [-0.2, -0.15) is 0 Å². The standard InChI is InChI=1S/C9H18N2O4/c1-5(2)6(7(10)12)11-4-9(3,15)8(13)14/h5-6,11,15H,4H2,1-3H3,(H2,10,12)(H,13,14). The van der Waals surface area contributed by atoms with Crippen molar-refractivity contribution in [3.8, 4) is 0 Å². The number of amides is 1. The van der Waals surface area contributed by atoms with Crippen LogP contribution in [0.25, 0.3) is 0 Å². The summed E-state index contributed by atoms with van der Waals surface area (Å²) in [4.78, 5) is 21.5. The molecule has 88 valence electrons. The van der Waals surface area contributed by atoms with Crippen LogP contribution in [0.2, 0.25) is 0 Å². The summed E-state index contributed by atoms with van der Waals surface area (Å²) in [5, 5.41) is 20.7. The number of carboxylic acids is 1. The molecule has 2 atom stereocenters. The Morgan fingerprint density at radius 2 is 1.93 bits per heavy atom. The van der Waals surface area contributed by atoms with Crippen LogP contribution in [-0.2, 0) is 9.59 Å². The minimum Gasteiger partial charge on any atom is -0.479 e. The van der Waals surface area contributed by atoms with Crippen LogP contribution in [0.5, 0.6) is 0 Å². The maximum atomic E-state index is 11.0. The highest BCUT2D eigenvalue weighted by Gasteiger charge is 2.31. The van der Waals surface area contributed by atoms with Gasteiger partial charge in [0.2, 0.25) is 5.91 Å². The molecule has 0 radical (unpaired) electrons. The van der Waals surface area contributed by atoms with E-state index in [-0.39, 0.29) is 12.5 Å². The number of carbonyl (C=O) groups excluding carboxylic acids is 1. The summed E-state index contributed by atoms with van der Waals surface area (Å²) >= 11 is 0. The Bertz CT molecular complexity index is 250. The van der Waals surface area contributed by atoms with Crippen LogP contribution < -0.4 is 11.1 Å². The molecule has 15 heavy (non-hydrogen) atoms. The number of aliphatic hydroxyl groups is 1. The molecule has 2 unspecified atom stereocenters. The van der Waals surface area contributed by atoms with Gasteiger partial charge < -0.3 is 21.3 Å². The number of rotatable bonds is 6. The van der Waals surface area contributed by atoms with Crippen molar-refractivity contribution >= 4 is 11.9 Å². The molecule has 0 aliphatic carbocycles. The van der Waals surface area contributed by atoms with Gasteiger partial charge in [-0.05, 0) is 12.8 Å². The number of nitrogens with one attached hydrogen (secondary N) is 1. The lowest BCUT2D eigenvalue weighted by Crippen LogP contribution is -2.53. The summed E-state index contributed by atoms with van der Waals surface area (Å²) in [5.41, 5.74) is 3.21. The summed E-state index contributed by atoms with van der Waals surface area (Å²) < 4.78 is 0. The third kappa shape index (κ3) is 4.26. The van der Waals surface area contributed by atoms with Gasteiger partial charge in [0.15, 0.2) is 5.60 Å². The molecule has 0 saturated heterocycles. The highest BCUT2D eigenvalue weighted by Crippen LogP contribution is 2.05. The fraction of sp³-hybridized carbons (Fsp3) is 0.778. The first-order valence-electron chi connectivity index (χ1n) is 4.67. The van der Waals surface area contributed by atoms with Gasteiger partial charge >= 0.3 is 5.97 Å². The van der Waals surface area contributed by atoms with E-state index >= 15 is 0 Å². The second-order valence-corrected chi connectivity index (χ2v) is 4.08. The average Bonchev–Trinajstić information content (AvgIpc) is 2.02. The molecule has 6 heteroatoms. The Hall–Kier alpha value is -1.14. The van der Waals surface area contributed by atoms with Crippen LogP contribution in [0.4, 0.5) is 0 Å². The van der Waals surface area contributed by atoms with Crippen molar-refractivity contribution in [2.45, 2.75) is 32.4 Å². The third-order valence-electron chi connectivity index (χ3n) is 2.10. The van der Waals surface area contributed by atoms with E-state index < -0.39 is 23.5 Å². The summed E-state index contributed by atoms with van der Waals surface area (Å²) in [6, 6.07) is -0.643. The number of nitrogens with two attached hydrogens (primary N) is 1. The Morgan fingerprint density at radius 1 is 1.47 bits per heavy atom. The second kappa shape index (κ2) is 5.09. The highest BCUT2D eigenvalue weighted by atomic mass is 16.4. The number of hydrogen-bond donors (Lipinski definition) is 4. The summed E-state index contributed by atoms with van der Waals surface area (Å²) in [6.07, 6.45) is 0. The fourth-order valence-corrected chi connectivity index (χ4v) is 1.05. The van der Waals surface area contributed by atoms with Gasteiger partial charge in [-0.1, -0.05) is 13.8 Å². The molecule has 0 fully saturated rings. The normalized spacial score (nSPS) is 17.1. The van der Waals surface area contributed by atoms with Crippen molar-refractivity contribution in [3.05, 3.63) is 0 Å². The van der Waals surface area contributed by atoms with E-state index in [1.54, 1.807) is 13.8 Å². The topological polar surface area (TPSA) is 113 Å². The third-order valence-corrected chi connectivity index (χ3v) is 2.10. The average molecular weight is 218 g/mol. The van der Waals surface area contributed by atoms with Crippen LogP contribution in [-0.4, -0.2) is 40.3 Å². The van der Waals surface area contributed by atoms with Gasteiger partial charge in [-0.3, -0.25) is 4.79 Å². The van der Waals surface area contributed by atoms with E-state index in [9.17, 15) is 14.7 Å². The molecule has 0 aromatic heterocycles. The Balaban J connectivity index is 4.35. The maximum Gasteiger partial charge on any atom is 0.336 e. The Kier molecular flexibility index (Phi) is 4.70. The van der Waals surface area contributed by atoms with Crippen molar-refractivity contribution in [1.29, 1.82) is 0 Å². The first-order chi connectivity index (χ1) is 6.68. The highest BCUT2D eigenvalue weighted by molar-refractivity contribution is 5.80. The molecule has 0 aliphatic rings. The van der Waals surface area contributed by atoms with Gasteiger partial charge in [-0.25, -0.2) is 4.79 Å². The van der Waals surface area contributed by atoms with Crippen LogP contribution in [0.1, 0.15) is 20.8 Å². The van der Waals surface area contributed by atoms with E-state index in [0.717, 1.165) is 6.92 Å². The summed E-state index contributed by atoms with van der Waals surface area (Å²) in [6.45, 7) is 4.48. The van der Waals surface area contributed by atoms with Crippen molar-refractivity contribution in [2.24, 2.45) is 11.7 Å². The van der Waals surface area contributed by atoms with E-state index in [1.807, 2.05) is 0 Å². The zero-order valence-corrected chi connectivity index (χ0v) is 9.15. The lowest BCUT2D eigenvalue weighted by atomic mass is 10.0. The number of carboxylic acid groups (broad SMARTS) is 1. The molecule has 0 aromatic carbocycles. The van der Waals surface area contributed by atoms with Crippen LogP contribution >= 0.6 is 0 Å². The van der Waals surface area contributed by atoms with E-state index in [0.29, 0.717) is 0 Å². The van der Waals surface area contributed by atoms with Crippen molar-refractivity contribution < 1.29 is 19.8 Å². The van der Waals surface area contributed by atoms with Crippen LogP contribution in [0.15, 0.2) is 0 Å². The van der Waals surface area contributed by atoms with Gasteiger partial charge in [0.25, 0.3) is 0 Å². The van der Waals surface area contributed by atoms with E-state index in [2.05, 4.69) is 5.32 Å². The molecule has 0 bridgehead atoms. The molecule has 0 saturated carbocycles. The number of primary amides is 1. The van der Waals surface area contributed by atoms with E-state index in [4.69, 9.17) is 10.8 Å². The zero-order chi connectivity index (χ0) is 12.2. The minimum atomic E-state index is -1.90. The lowest BCUT2D eigenvalue weighted by Gasteiger charge is -2.24. The lowest BCUT2D eigenvalue weighted by molar-refractivity contribution is -0.156. The fourth-order valence-electron chi connectivity index (χ4n) is 1.05. The summed E-state index contributed by atoms with van der Waals surface area (Å²) in [7, 11) is 0. The molecule has 0 rings (SSSR count). The SMILES string of the molecule is CC(C)C(NCC(C)(O)C(=O)O)C(N)=O. The largest absolute Gasteiger partial charge is 0.479 e. The first kappa shape index (κ1) is 13.9. The van der Waals surface area contributed by atoms with Crippen molar-refractivity contribution in [3.63, 3.8) is 0 Å². The van der Waals surface area contributed by atoms with E-state index in [1.165, 1.54) is 0 Å². The molecule has 1 amide bonds. The number of hydrogen-bond acceptors (Lipinski definition) is 4. The van der Waals surface area contributed by atoms with Crippen molar-refractivity contribution in [2.75, 3.05) is 6.54 Å². The predicted octanol–water partition coefficient (Wildman–Crippen LogP) is -1.08. The van der Waals surface area contributed by atoms with Gasteiger partial charge in [0, 0.05) is 6.54 Å². The minimum absolute atomic E-state index is 0.0629. The van der Waals surface area contributed by atoms with Crippen LogP contribution in [0, 0.1) is 5.92 Å². The molecular weight excluding hydrogens is 200 g/mol. The van der Waals surface area contributed by atoms with Gasteiger partial charge in [0.1, 0.15) is 0 Å². The quantitative estimate of drug-likeness (QED) is 0.453. The van der Waals surface area contributed by atoms with Gasteiger partial charge in [-0.15, -0.1) is 0 Å². The summed E-state index contributed by atoms with van der Waals surface area (Å²) in [5.74, 6) is -1.97. The van der Waals surface area contributed by atoms with Crippen molar-refractivity contribution in [1.82, 2.24) is 5.32 Å². The zero-order valence-electron chi connectivity index (χ0n) is 9.15. The molecular formula is C9H18N2O4. The van der Waals surface area contributed by atoms with Gasteiger partial charge in [0.05, 0.1) is 6.04 Å². The smallest absolute Gasteiger partial charge is 0.336 e. The molecule has 6 nitrogen and oxygen atoms in total. The molecule has 0 aromatic rings. The predicted molar refractivity (Wildman–Crippen MR) is 54.1 cm³/mol. The van der Waals surface area contributed by atoms with Crippen LogP contribution in [0.3, 0.4) is 0 Å². The number of aliphatic carboxylic acids is 1. The maximum absolute atomic E-state index is 11.0. The first-order valence-corrected chi connectivity index (χ1v) is 4.67. The number of carbonyl (C=O) groups is 2. The molecule has 0 aliphatic heterocycles.